The standard InChI is InChI=1S/C17H13NO2S/c18-16-8-7-14(10-15(16)17(19)20)21-13-6-5-11-3-1-2-4-12(11)9-13/h1-10H,18H2,(H,19,20). The van der Waals surface area contributed by atoms with Crippen molar-refractivity contribution in [3.05, 3.63) is 66.2 Å². The molecule has 0 aromatic heterocycles. The van der Waals surface area contributed by atoms with Crippen LogP contribution in [0.1, 0.15) is 10.4 Å². The van der Waals surface area contributed by atoms with Gasteiger partial charge in [-0.3, -0.25) is 0 Å². The van der Waals surface area contributed by atoms with E-state index in [0.717, 1.165) is 15.2 Å². The summed E-state index contributed by atoms with van der Waals surface area (Å²) in [5, 5.41) is 11.5. The smallest absolute Gasteiger partial charge is 0.337 e. The van der Waals surface area contributed by atoms with Crippen LogP contribution in [-0.4, -0.2) is 11.1 Å². The maximum atomic E-state index is 11.1. The molecular formula is C17H13NO2S. The van der Waals surface area contributed by atoms with Crippen LogP contribution >= 0.6 is 11.8 Å². The van der Waals surface area contributed by atoms with Crippen molar-refractivity contribution in [1.82, 2.24) is 0 Å². The van der Waals surface area contributed by atoms with Gasteiger partial charge < -0.3 is 10.8 Å². The summed E-state index contributed by atoms with van der Waals surface area (Å²) in [7, 11) is 0. The molecule has 0 aliphatic rings. The zero-order chi connectivity index (χ0) is 14.8. The maximum absolute atomic E-state index is 11.1. The molecule has 3 N–H and O–H groups in total. The van der Waals surface area contributed by atoms with Crippen molar-refractivity contribution < 1.29 is 9.90 Å². The highest BCUT2D eigenvalue weighted by Crippen LogP contribution is 2.31. The minimum atomic E-state index is -1.01. The van der Waals surface area contributed by atoms with Crippen LogP contribution in [-0.2, 0) is 0 Å². The van der Waals surface area contributed by atoms with Crippen LogP contribution in [0, 0.1) is 0 Å². The second kappa shape index (κ2) is 5.50. The van der Waals surface area contributed by atoms with Crippen molar-refractivity contribution in [3.8, 4) is 0 Å². The zero-order valence-electron chi connectivity index (χ0n) is 11.1. The normalized spacial score (nSPS) is 10.7. The molecule has 21 heavy (non-hydrogen) atoms. The molecule has 0 unspecified atom stereocenters. The van der Waals surface area contributed by atoms with Crippen LogP contribution in [0.3, 0.4) is 0 Å². The average molecular weight is 295 g/mol. The van der Waals surface area contributed by atoms with E-state index >= 15 is 0 Å². The highest BCUT2D eigenvalue weighted by molar-refractivity contribution is 7.99. The number of carboxylic acids is 1. The van der Waals surface area contributed by atoms with Gasteiger partial charge >= 0.3 is 5.97 Å². The number of hydrogen-bond donors (Lipinski definition) is 2. The Hall–Kier alpha value is -2.46. The Balaban J connectivity index is 1.94. The quantitative estimate of drug-likeness (QED) is 0.708. The average Bonchev–Trinajstić information content (AvgIpc) is 2.49. The third-order valence-electron chi connectivity index (χ3n) is 3.21. The van der Waals surface area contributed by atoms with Crippen molar-refractivity contribution in [2.45, 2.75) is 9.79 Å². The number of aromatic carboxylic acids is 1. The topological polar surface area (TPSA) is 63.3 Å². The predicted molar refractivity (Wildman–Crippen MR) is 85.9 cm³/mol. The Kier molecular flexibility index (Phi) is 3.54. The first kappa shape index (κ1) is 13.5. The fourth-order valence-electron chi connectivity index (χ4n) is 2.15. The van der Waals surface area contributed by atoms with Gasteiger partial charge in [-0.05, 0) is 41.1 Å². The van der Waals surface area contributed by atoms with E-state index in [0.29, 0.717) is 0 Å². The van der Waals surface area contributed by atoms with Crippen molar-refractivity contribution in [3.63, 3.8) is 0 Å². The molecule has 0 saturated heterocycles. The number of carbonyl (C=O) groups is 1. The number of rotatable bonds is 3. The Bertz CT molecular complexity index is 830. The van der Waals surface area contributed by atoms with Gasteiger partial charge in [0.25, 0.3) is 0 Å². The highest BCUT2D eigenvalue weighted by atomic mass is 32.2. The molecule has 0 fully saturated rings. The van der Waals surface area contributed by atoms with E-state index in [1.54, 1.807) is 12.1 Å². The summed E-state index contributed by atoms with van der Waals surface area (Å²) in [6.45, 7) is 0. The number of anilines is 1. The minimum absolute atomic E-state index is 0.140. The van der Waals surface area contributed by atoms with E-state index in [-0.39, 0.29) is 11.3 Å². The van der Waals surface area contributed by atoms with Gasteiger partial charge in [-0.2, -0.15) is 0 Å². The molecule has 0 aliphatic carbocycles. The Morgan fingerprint density at radius 1 is 0.905 bits per heavy atom. The summed E-state index contributed by atoms with van der Waals surface area (Å²) in [5.74, 6) is -1.01. The second-order valence-electron chi connectivity index (χ2n) is 4.67. The van der Waals surface area contributed by atoms with Crippen molar-refractivity contribution >= 4 is 34.2 Å². The second-order valence-corrected chi connectivity index (χ2v) is 5.81. The summed E-state index contributed by atoms with van der Waals surface area (Å²) in [6, 6.07) is 19.4. The molecule has 0 radical (unpaired) electrons. The summed E-state index contributed by atoms with van der Waals surface area (Å²) in [4.78, 5) is 13.0. The molecule has 104 valence electrons. The predicted octanol–water partition coefficient (Wildman–Crippen LogP) is 4.27. The lowest BCUT2D eigenvalue weighted by molar-refractivity contribution is 0.0698. The lowest BCUT2D eigenvalue weighted by atomic mass is 10.1. The monoisotopic (exact) mass is 295 g/mol. The SMILES string of the molecule is Nc1ccc(Sc2ccc3ccccc3c2)cc1C(=O)O. The molecule has 0 atom stereocenters. The molecular weight excluding hydrogens is 282 g/mol. The van der Waals surface area contributed by atoms with E-state index in [4.69, 9.17) is 10.8 Å². The van der Waals surface area contributed by atoms with Gasteiger partial charge in [0.2, 0.25) is 0 Å². The third kappa shape index (κ3) is 2.85. The Labute approximate surface area is 126 Å². The van der Waals surface area contributed by atoms with Crippen LogP contribution < -0.4 is 5.73 Å². The van der Waals surface area contributed by atoms with E-state index in [9.17, 15) is 4.79 Å². The summed E-state index contributed by atoms with van der Waals surface area (Å²) in [6.07, 6.45) is 0. The summed E-state index contributed by atoms with van der Waals surface area (Å²) < 4.78 is 0. The molecule has 0 saturated carbocycles. The van der Waals surface area contributed by atoms with Gasteiger partial charge in [0.05, 0.1) is 5.56 Å². The maximum Gasteiger partial charge on any atom is 0.337 e. The van der Waals surface area contributed by atoms with Crippen LogP contribution in [0.15, 0.2) is 70.5 Å². The van der Waals surface area contributed by atoms with Crippen LogP contribution in [0.5, 0.6) is 0 Å². The van der Waals surface area contributed by atoms with Crippen LogP contribution in [0.25, 0.3) is 10.8 Å². The number of nitrogens with two attached hydrogens (primary N) is 1. The molecule has 0 heterocycles. The van der Waals surface area contributed by atoms with Gasteiger partial charge in [-0.1, -0.05) is 42.1 Å². The van der Waals surface area contributed by atoms with Gasteiger partial charge in [0.15, 0.2) is 0 Å². The molecule has 3 rings (SSSR count). The fraction of sp³-hybridized carbons (Fsp3) is 0. The highest BCUT2D eigenvalue weighted by Gasteiger charge is 2.09. The van der Waals surface area contributed by atoms with E-state index < -0.39 is 5.97 Å². The molecule has 3 aromatic carbocycles. The van der Waals surface area contributed by atoms with Crippen LogP contribution in [0.4, 0.5) is 5.69 Å². The molecule has 0 bridgehead atoms. The summed E-state index contributed by atoms with van der Waals surface area (Å²) >= 11 is 1.52. The zero-order valence-corrected chi connectivity index (χ0v) is 11.9. The number of fused-ring (bicyclic) bond motifs is 1. The first-order valence-electron chi connectivity index (χ1n) is 6.43. The lowest BCUT2D eigenvalue weighted by Crippen LogP contribution is -2.01. The fourth-order valence-corrected chi connectivity index (χ4v) is 3.06. The van der Waals surface area contributed by atoms with Gasteiger partial charge in [-0.15, -0.1) is 0 Å². The first-order valence-corrected chi connectivity index (χ1v) is 7.24. The van der Waals surface area contributed by atoms with E-state index in [1.807, 2.05) is 24.3 Å². The number of benzene rings is 3. The molecule has 0 amide bonds. The van der Waals surface area contributed by atoms with E-state index in [1.165, 1.54) is 17.1 Å². The number of nitrogen functional groups attached to an aromatic ring is 1. The Morgan fingerprint density at radius 3 is 2.33 bits per heavy atom. The third-order valence-corrected chi connectivity index (χ3v) is 4.19. The Morgan fingerprint density at radius 2 is 1.57 bits per heavy atom. The molecule has 4 heteroatoms. The van der Waals surface area contributed by atoms with Gasteiger partial charge in [0.1, 0.15) is 0 Å². The number of carboxylic acid groups (broad SMARTS) is 1. The molecule has 3 nitrogen and oxygen atoms in total. The lowest BCUT2D eigenvalue weighted by Gasteiger charge is -2.06. The largest absolute Gasteiger partial charge is 0.478 e. The molecule has 0 spiro atoms. The minimum Gasteiger partial charge on any atom is -0.478 e. The first-order chi connectivity index (χ1) is 10.1. The number of hydrogen-bond acceptors (Lipinski definition) is 3. The van der Waals surface area contributed by atoms with Crippen molar-refractivity contribution in [1.29, 1.82) is 0 Å². The molecule has 0 aliphatic heterocycles. The van der Waals surface area contributed by atoms with Crippen molar-refractivity contribution in [2.24, 2.45) is 0 Å². The molecule has 3 aromatic rings. The van der Waals surface area contributed by atoms with Gasteiger partial charge in [0, 0.05) is 15.5 Å². The van der Waals surface area contributed by atoms with Crippen molar-refractivity contribution in [2.75, 3.05) is 5.73 Å². The van der Waals surface area contributed by atoms with Gasteiger partial charge in [-0.25, -0.2) is 4.79 Å². The summed E-state index contributed by atoms with van der Waals surface area (Å²) in [5.41, 5.74) is 6.09. The van der Waals surface area contributed by atoms with Crippen LogP contribution in [0.2, 0.25) is 0 Å². The van der Waals surface area contributed by atoms with E-state index in [2.05, 4.69) is 24.3 Å².